The molecule has 3 aliphatic rings. The van der Waals surface area contributed by atoms with E-state index in [1.165, 1.54) is 0 Å². The quantitative estimate of drug-likeness (QED) is 0.490. The molecule has 4 rings (SSSR count). The van der Waals surface area contributed by atoms with Crippen LogP contribution in [0.4, 0.5) is 10.5 Å². The Kier molecular flexibility index (Phi) is 8.54. The van der Waals surface area contributed by atoms with Gasteiger partial charge >= 0.3 is 6.09 Å². The third kappa shape index (κ3) is 5.39. The first-order chi connectivity index (χ1) is 17.2. The minimum Gasteiger partial charge on any atom is -0.445 e. The highest BCUT2D eigenvalue weighted by atomic mass is 32.2. The van der Waals surface area contributed by atoms with Crippen LogP contribution in [0.2, 0.25) is 0 Å². The number of rotatable bonds is 6. The van der Waals surface area contributed by atoms with Crippen LogP contribution in [0.5, 0.6) is 0 Å². The first-order valence-electron chi connectivity index (χ1n) is 13.0. The van der Waals surface area contributed by atoms with E-state index in [0.717, 1.165) is 4.90 Å². The topological polar surface area (TPSA) is 108 Å². The van der Waals surface area contributed by atoms with Crippen molar-refractivity contribution >= 4 is 29.4 Å². The summed E-state index contributed by atoms with van der Waals surface area (Å²) < 4.78 is 11.3. The summed E-state index contributed by atoms with van der Waals surface area (Å²) in [5, 5.41) is 24.5. The number of amides is 2. The molecule has 8 nitrogen and oxygen atoms in total. The number of ether oxygens (including phenoxy) is 2. The maximum Gasteiger partial charge on any atom is 0.411 e. The average Bonchev–Trinajstić information content (AvgIpc) is 2.88. The maximum absolute atomic E-state index is 13.1. The van der Waals surface area contributed by atoms with Crippen LogP contribution >= 0.6 is 11.8 Å². The lowest BCUT2D eigenvalue weighted by atomic mass is 9.46. The standard InChI is InChI=1S/C27H40N2O6S/c1-26-10-9-23(35-25(33)28-18-5-4-6-19(15-18)36-3)27(2,17-30)22(26)8-7-21(31)20(26)16-24(32)29-11-13-34-14-12-29/h4-6,15,20-23,30-31H,7-14,16-17H2,1-3H3,(H,28,33). The average molecular weight is 521 g/mol. The SMILES string of the molecule is CSc1cccc(NC(=O)OC2CCC3(C)C(CC(=O)N4CCOCC4)C(O)CCC3C2(C)CO)c1. The summed E-state index contributed by atoms with van der Waals surface area (Å²) in [5.41, 5.74) is -0.355. The Bertz CT molecular complexity index is 941. The van der Waals surface area contributed by atoms with E-state index in [4.69, 9.17) is 9.47 Å². The van der Waals surface area contributed by atoms with Crippen molar-refractivity contribution in [3.05, 3.63) is 24.3 Å². The van der Waals surface area contributed by atoms with Gasteiger partial charge < -0.3 is 24.6 Å². The second-order valence-electron chi connectivity index (χ2n) is 11.0. The van der Waals surface area contributed by atoms with Gasteiger partial charge in [-0.1, -0.05) is 19.9 Å². The Morgan fingerprint density at radius 1 is 1.22 bits per heavy atom. The summed E-state index contributed by atoms with van der Waals surface area (Å²) in [4.78, 5) is 28.8. The number of aliphatic hydroxyl groups is 2. The van der Waals surface area contributed by atoms with Crippen LogP contribution in [0.1, 0.15) is 46.0 Å². The van der Waals surface area contributed by atoms with E-state index in [-0.39, 0.29) is 36.2 Å². The number of hydrogen-bond acceptors (Lipinski definition) is 7. The van der Waals surface area contributed by atoms with Crippen molar-refractivity contribution in [3.63, 3.8) is 0 Å². The second-order valence-corrected chi connectivity index (χ2v) is 11.8. The molecule has 6 atom stereocenters. The van der Waals surface area contributed by atoms with E-state index >= 15 is 0 Å². The van der Waals surface area contributed by atoms with Gasteiger partial charge in [-0.15, -0.1) is 11.8 Å². The number of benzene rings is 1. The van der Waals surface area contributed by atoms with Crippen molar-refractivity contribution in [2.75, 3.05) is 44.5 Å². The Hall–Kier alpha value is -1.81. The summed E-state index contributed by atoms with van der Waals surface area (Å²) in [5.74, 6) is -0.145. The lowest BCUT2D eigenvalue weighted by Crippen LogP contribution is -2.61. The van der Waals surface area contributed by atoms with Crippen LogP contribution in [-0.2, 0) is 14.3 Å². The van der Waals surface area contributed by atoms with E-state index < -0.39 is 23.7 Å². The number of carbonyl (C=O) groups is 2. The van der Waals surface area contributed by atoms with Crippen LogP contribution < -0.4 is 5.32 Å². The molecule has 6 unspecified atom stereocenters. The number of fused-ring (bicyclic) bond motifs is 1. The molecule has 2 amide bonds. The molecular formula is C27H40N2O6S. The predicted molar refractivity (Wildman–Crippen MR) is 139 cm³/mol. The molecule has 1 saturated heterocycles. The summed E-state index contributed by atoms with van der Waals surface area (Å²) in [6.45, 7) is 6.26. The van der Waals surface area contributed by atoms with Gasteiger partial charge in [0, 0.05) is 35.5 Å². The summed E-state index contributed by atoms with van der Waals surface area (Å²) >= 11 is 1.60. The number of anilines is 1. The molecule has 3 fully saturated rings. The molecule has 1 aromatic carbocycles. The Morgan fingerprint density at radius 3 is 2.67 bits per heavy atom. The van der Waals surface area contributed by atoms with Crippen LogP contribution in [-0.4, -0.2) is 78.5 Å². The molecule has 0 bridgehead atoms. The number of carbonyl (C=O) groups excluding carboxylic acids is 2. The zero-order valence-corrected chi connectivity index (χ0v) is 22.4. The molecule has 9 heteroatoms. The van der Waals surface area contributed by atoms with Crippen molar-refractivity contribution in [3.8, 4) is 0 Å². The van der Waals surface area contributed by atoms with Gasteiger partial charge in [0.05, 0.1) is 25.9 Å². The Balaban J connectivity index is 1.48. The first-order valence-corrected chi connectivity index (χ1v) is 14.2. The second kappa shape index (κ2) is 11.3. The fraction of sp³-hybridized carbons (Fsp3) is 0.704. The number of hydrogen-bond donors (Lipinski definition) is 3. The molecule has 1 heterocycles. The van der Waals surface area contributed by atoms with E-state index in [9.17, 15) is 19.8 Å². The fourth-order valence-corrected chi connectivity index (χ4v) is 7.35. The smallest absolute Gasteiger partial charge is 0.411 e. The monoisotopic (exact) mass is 520 g/mol. The van der Waals surface area contributed by atoms with E-state index in [0.29, 0.717) is 57.7 Å². The van der Waals surface area contributed by atoms with Gasteiger partial charge in [0.1, 0.15) is 6.10 Å². The van der Waals surface area contributed by atoms with Crippen molar-refractivity contribution in [2.45, 2.75) is 63.1 Å². The minimum atomic E-state index is -0.675. The largest absolute Gasteiger partial charge is 0.445 e. The van der Waals surface area contributed by atoms with Gasteiger partial charge in [-0.05, 0) is 67.4 Å². The van der Waals surface area contributed by atoms with Crippen molar-refractivity contribution < 1.29 is 29.3 Å². The van der Waals surface area contributed by atoms with Crippen LogP contribution in [0.15, 0.2) is 29.2 Å². The summed E-state index contributed by atoms with van der Waals surface area (Å²) in [6.07, 6.45) is 3.27. The molecule has 0 aromatic heterocycles. The van der Waals surface area contributed by atoms with E-state index in [1.807, 2.05) is 42.3 Å². The van der Waals surface area contributed by atoms with Crippen molar-refractivity contribution in [1.82, 2.24) is 4.90 Å². The van der Waals surface area contributed by atoms with Gasteiger partial charge in [-0.25, -0.2) is 4.79 Å². The molecule has 3 N–H and O–H groups in total. The molecule has 36 heavy (non-hydrogen) atoms. The third-order valence-electron chi connectivity index (χ3n) is 9.00. The van der Waals surface area contributed by atoms with Crippen molar-refractivity contribution in [1.29, 1.82) is 0 Å². The van der Waals surface area contributed by atoms with Crippen molar-refractivity contribution in [2.24, 2.45) is 22.7 Å². The van der Waals surface area contributed by atoms with E-state index in [1.54, 1.807) is 11.8 Å². The minimum absolute atomic E-state index is 0.00672. The van der Waals surface area contributed by atoms with Crippen LogP contribution in [0.3, 0.4) is 0 Å². The highest BCUT2D eigenvalue weighted by molar-refractivity contribution is 7.98. The maximum atomic E-state index is 13.1. The molecule has 1 aromatic rings. The normalized spacial score (nSPS) is 34.5. The molecule has 0 radical (unpaired) electrons. The van der Waals surface area contributed by atoms with Crippen LogP contribution in [0.25, 0.3) is 0 Å². The number of morpholine rings is 1. The lowest BCUT2D eigenvalue weighted by Gasteiger charge is -2.60. The van der Waals surface area contributed by atoms with Gasteiger partial charge in [0.15, 0.2) is 0 Å². The van der Waals surface area contributed by atoms with Crippen LogP contribution in [0, 0.1) is 22.7 Å². The van der Waals surface area contributed by atoms with Gasteiger partial charge in [-0.3, -0.25) is 10.1 Å². The number of aliphatic hydroxyl groups excluding tert-OH is 2. The van der Waals surface area contributed by atoms with Gasteiger partial charge in [0.25, 0.3) is 0 Å². The molecule has 0 spiro atoms. The summed E-state index contributed by atoms with van der Waals surface area (Å²) in [6, 6.07) is 7.58. The zero-order chi connectivity index (χ0) is 25.9. The third-order valence-corrected chi connectivity index (χ3v) is 9.73. The van der Waals surface area contributed by atoms with E-state index in [2.05, 4.69) is 12.2 Å². The Labute approximate surface area is 218 Å². The highest BCUT2D eigenvalue weighted by Gasteiger charge is 2.60. The Morgan fingerprint density at radius 2 is 1.97 bits per heavy atom. The zero-order valence-electron chi connectivity index (χ0n) is 21.6. The molecular weight excluding hydrogens is 480 g/mol. The summed E-state index contributed by atoms with van der Waals surface area (Å²) in [7, 11) is 0. The number of nitrogens with one attached hydrogen (secondary N) is 1. The highest BCUT2D eigenvalue weighted by Crippen LogP contribution is 2.61. The number of thioether (sulfide) groups is 1. The molecule has 2 aliphatic carbocycles. The molecule has 2 saturated carbocycles. The van der Waals surface area contributed by atoms with Gasteiger partial charge in [0.2, 0.25) is 5.91 Å². The predicted octanol–water partition coefficient (Wildman–Crippen LogP) is 3.76. The lowest BCUT2D eigenvalue weighted by molar-refractivity contribution is -0.187. The fourth-order valence-electron chi connectivity index (χ4n) is 6.89. The number of nitrogens with zero attached hydrogens (tertiary/aromatic N) is 1. The first kappa shape index (κ1) is 27.2. The van der Waals surface area contributed by atoms with Gasteiger partial charge in [-0.2, -0.15) is 0 Å². The molecule has 1 aliphatic heterocycles. The molecule has 200 valence electrons.